The number of aryl methyl sites for hydroxylation is 1. The molecule has 0 spiro atoms. The number of nitrogens with one attached hydrogen (secondary N) is 3. The number of hydrogen-bond acceptors (Lipinski definition) is 7. The Labute approximate surface area is 248 Å². The maximum absolute atomic E-state index is 14.2. The second-order valence-corrected chi connectivity index (χ2v) is 11.5. The van der Waals surface area contributed by atoms with E-state index in [2.05, 4.69) is 16.0 Å². The molecular formula is C32H46N4O6. The lowest BCUT2D eigenvalue weighted by Crippen LogP contribution is -2.59. The van der Waals surface area contributed by atoms with Crippen LogP contribution in [0.5, 0.6) is 0 Å². The van der Waals surface area contributed by atoms with Crippen molar-refractivity contribution in [3.8, 4) is 0 Å². The summed E-state index contributed by atoms with van der Waals surface area (Å²) in [6.07, 6.45) is 1.51. The van der Waals surface area contributed by atoms with E-state index in [0.717, 1.165) is 5.56 Å². The number of likely N-dealkylation sites (tertiary alicyclic amines) is 1. The number of benzene rings is 1. The second kappa shape index (κ2) is 15.0. The second-order valence-electron chi connectivity index (χ2n) is 11.5. The minimum Gasteiger partial charge on any atom is -0.464 e. The first-order valence-electron chi connectivity index (χ1n) is 14.8. The van der Waals surface area contributed by atoms with Crippen LogP contribution in [0.4, 0.5) is 0 Å². The molecule has 10 heteroatoms. The summed E-state index contributed by atoms with van der Waals surface area (Å²) in [4.78, 5) is 55.6. The molecule has 6 atom stereocenters. The topological polar surface area (TPSA) is 130 Å². The molecule has 1 aliphatic rings. The number of nitrogens with zero attached hydrogens (tertiary/aromatic N) is 1. The molecule has 0 unspecified atom stereocenters. The fourth-order valence-electron chi connectivity index (χ4n) is 5.11. The Hall–Kier alpha value is -3.66. The SMILES string of the molecule is CC[C@H](C)[C@H](NC(=O)[C@@H]1CC[C@H](c2ccc(C)o2)N1C(=O)[C@@H](NC(=O)[C@H](C)NC)C(C)C)C(=O)OCc1ccccc1. The average Bonchev–Trinajstić information content (AvgIpc) is 3.62. The lowest BCUT2D eigenvalue weighted by Gasteiger charge is -2.35. The zero-order chi connectivity index (χ0) is 31.0. The molecule has 1 fully saturated rings. The lowest BCUT2D eigenvalue weighted by molar-refractivity contribution is -0.152. The Morgan fingerprint density at radius 3 is 2.24 bits per heavy atom. The third kappa shape index (κ3) is 8.00. The highest BCUT2D eigenvalue weighted by atomic mass is 16.5. The molecule has 3 rings (SSSR count). The first-order chi connectivity index (χ1) is 20.0. The molecule has 1 aromatic carbocycles. The summed E-state index contributed by atoms with van der Waals surface area (Å²) in [5.74, 6) is -0.809. The Morgan fingerprint density at radius 2 is 1.67 bits per heavy atom. The number of likely N-dealkylation sites (N-methyl/N-ethyl adjacent to an activating group) is 1. The molecule has 2 heterocycles. The molecule has 0 bridgehead atoms. The summed E-state index contributed by atoms with van der Waals surface area (Å²) in [6, 6.07) is 9.39. The molecule has 10 nitrogen and oxygen atoms in total. The highest BCUT2D eigenvalue weighted by Gasteiger charge is 2.46. The van der Waals surface area contributed by atoms with Gasteiger partial charge in [0.2, 0.25) is 17.7 Å². The minimum atomic E-state index is -0.884. The van der Waals surface area contributed by atoms with Gasteiger partial charge in [-0.05, 0) is 63.3 Å². The summed E-state index contributed by atoms with van der Waals surface area (Å²) in [6.45, 7) is 11.2. The molecule has 1 saturated heterocycles. The van der Waals surface area contributed by atoms with Crippen LogP contribution in [0.1, 0.15) is 77.0 Å². The van der Waals surface area contributed by atoms with Crippen molar-refractivity contribution in [2.45, 2.75) is 97.6 Å². The molecule has 2 aromatic rings. The molecule has 3 amide bonds. The summed E-state index contributed by atoms with van der Waals surface area (Å²) < 4.78 is 11.5. The number of amides is 3. The first-order valence-corrected chi connectivity index (χ1v) is 14.8. The average molecular weight is 583 g/mol. The summed E-state index contributed by atoms with van der Waals surface area (Å²) >= 11 is 0. The van der Waals surface area contributed by atoms with E-state index in [0.29, 0.717) is 30.8 Å². The number of carbonyl (C=O) groups excluding carboxylic acids is 4. The zero-order valence-electron chi connectivity index (χ0n) is 25.8. The number of ether oxygens (including phenoxy) is 1. The summed E-state index contributed by atoms with van der Waals surface area (Å²) in [5, 5.41) is 8.67. The van der Waals surface area contributed by atoms with Gasteiger partial charge in [0.15, 0.2) is 0 Å². The highest BCUT2D eigenvalue weighted by Crippen LogP contribution is 2.38. The number of carbonyl (C=O) groups is 4. The van der Waals surface area contributed by atoms with E-state index in [1.165, 1.54) is 4.90 Å². The zero-order valence-corrected chi connectivity index (χ0v) is 25.8. The van der Waals surface area contributed by atoms with Gasteiger partial charge in [-0.15, -0.1) is 0 Å². The van der Waals surface area contributed by atoms with Crippen LogP contribution in [0.25, 0.3) is 0 Å². The molecule has 0 saturated carbocycles. The Bertz CT molecular complexity index is 1210. The van der Waals surface area contributed by atoms with Gasteiger partial charge in [-0.2, -0.15) is 0 Å². The third-order valence-corrected chi connectivity index (χ3v) is 8.08. The minimum absolute atomic E-state index is 0.0945. The van der Waals surface area contributed by atoms with Crippen molar-refractivity contribution < 1.29 is 28.3 Å². The van der Waals surface area contributed by atoms with Gasteiger partial charge < -0.3 is 30.0 Å². The molecular weight excluding hydrogens is 536 g/mol. The molecule has 0 radical (unpaired) electrons. The molecule has 0 aliphatic carbocycles. The van der Waals surface area contributed by atoms with Crippen LogP contribution >= 0.6 is 0 Å². The number of furan rings is 1. The normalized spacial score (nSPS) is 19.6. The smallest absolute Gasteiger partial charge is 0.329 e. The lowest BCUT2D eigenvalue weighted by atomic mass is 9.98. The van der Waals surface area contributed by atoms with Crippen molar-refractivity contribution in [1.29, 1.82) is 0 Å². The van der Waals surface area contributed by atoms with E-state index in [1.54, 1.807) is 14.0 Å². The van der Waals surface area contributed by atoms with Gasteiger partial charge >= 0.3 is 5.97 Å². The van der Waals surface area contributed by atoms with Gasteiger partial charge in [-0.1, -0.05) is 64.4 Å². The van der Waals surface area contributed by atoms with E-state index in [4.69, 9.17) is 9.15 Å². The van der Waals surface area contributed by atoms with Crippen LogP contribution in [0.15, 0.2) is 46.9 Å². The van der Waals surface area contributed by atoms with Crippen molar-refractivity contribution in [2.24, 2.45) is 11.8 Å². The molecule has 1 aromatic heterocycles. The van der Waals surface area contributed by atoms with Crippen molar-refractivity contribution in [2.75, 3.05) is 7.05 Å². The molecule has 1 aliphatic heterocycles. The van der Waals surface area contributed by atoms with Crippen molar-refractivity contribution in [3.63, 3.8) is 0 Å². The Balaban J connectivity index is 1.87. The summed E-state index contributed by atoms with van der Waals surface area (Å²) in [5.41, 5.74) is 0.846. The molecule has 42 heavy (non-hydrogen) atoms. The van der Waals surface area contributed by atoms with Gasteiger partial charge in [0.25, 0.3) is 0 Å². The first kappa shape index (κ1) is 32.8. The number of rotatable bonds is 13. The van der Waals surface area contributed by atoms with Crippen LogP contribution in [-0.4, -0.2) is 59.8 Å². The predicted molar refractivity (Wildman–Crippen MR) is 159 cm³/mol. The maximum Gasteiger partial charge on any atom is 0.329 e. The maximum atomic E-state index is 14.2. The number of esters is 1. The van der Waals surface area contributed by atoms with Gasteiger partial charge in [-0.3, -0.25) is 14.4 Å². The van der Waals surface area contributed by atoms with Gasteiger partial charge in [0.05, 0.1) is 12.1 Å². The van der Waals surface area contributed by atoms with Crippen LogP contribution in [-0.2, 0) is 30.5 Å². The molecule has 230 valence electrons. The van der Waals surface area contributed by atoms with E-state index in [9.17, 15) is 19.2 Å². The van der Waals surface area contributed by atoms with Crippen LogP contribution < -0.4 is 16.0 Å². The fraction of sp³-hybridized carbons (Fsp3) is 0.562. The third-order valence-electron chi connectivity index (χ3n) is 8.08. The van der Waals surface area contributed by atoms with Crippen molar-refractivity contribution in [1.82, 2.24) is 20.9 Å². The van der Waals surface area contributed by atoms with Crippen LogP contribution in [0.2, 0.25) is 0 Å². The van der Waals surface area contributed by atoms with Gasteiger partial charge in [-0.25, -0.2) is 4.79 Å². The van der Waals surface area contributed by atoms with Crippen LogP contribution in [0, 0.1) is 18.8 Å². The summed E-state index contributed by atoms with van der Waals surface area (Å²) in [7, 11) is 1.67. The number of hydrogen-bond donors (Lipinski definition) is 3. The monoisotopic (exact) mass is 582 g/mol. The van der Waals surface area contributed by atoms with E-state index < -0.39 is 42.1 Å². The Morgan fingerprint density at radius 1 is 0.976 bits per heavy atom. The fourth-order valence-corrected chi connectivity index (χ4v) is 5.11. The van der Waals surface area contributed by atoms with Gasteiger partial charge in [0.1, 0.15) is 36.3 Å². The largest absolute Gasteiger partial charge is 0.464 e. The molecule has 3 N–H and O–H groups in total. The van der Waals surface area contributed by atoms with Crippen LogP contribution in [0.3, 0.4) is 0 Å². The predicted octanol–water partition coefficient (Wildman–Crippen LogP) is 3.64. The van der Waals surface area contributed by atoms with Gasteiger partial charge in [0, 0.05) is 0 Å². The van der Waals surface area contributed by atoms with E-state index >= 15 is 0 Å². The van der Waals surface area contributed by atoms with E-state index in [-0.39, 0.29) is 30.3 Å². The quantitative estimate of drug-likeness (QED) is 0.308. The standard InChI is InChI=1S/C32H46N4O6/c1-8-20(4)28(32(40)41-18-23-12-10-9-11-13-23)35-30(38)25-16-15-24(26-17-14-21(5)42-26)36(25)31(39)27(19(2)3)34-29(37)22(6)33-7/h9-14,17,19-20,22,24-25,27-28,33H,8,15-16,18H2,1-7H3,(H,34,37)(H,35,38)/t20-,22-,24+,25-,27-,28-/m0/s1. The highest BCUT2D eigenvalue weighted by molar-refractivity contribution is 5.95. The Kier molecular flexibility index (Phi) is 11.7. The van der Waals surface area contributed by atoms with E-state index in [1.807, 2.05) is 77.1 Å². The van der Waals surface area contributed by atoms with Crippen molar-refractivity contribution >= 4 is 23.7 Å². The van der Waals surface area contributed by atoms with Crippen molar-refractivity contribution in [3.05, 3.63) is 59.5 Å².